The molecule has 9 heteroatoms. The van der Waals surface area contributed by atoms with Crippen molar-refractivity contribution in [3.8, 4) is 0 Å². The fraction of sp³-hybridized carbons (Fsp3) is 0.176. The minimum absolute atomic E-state index is 0.115. The smallest absolute Gasteiger partial charge is 0.293 e. The number of hydrogen-bond donors (Lipinski definition) is 2. The summed E-state index contributed by atoms with van der Waals surface area (Å²) < 4.78 is 0. The zero-order valence-electron chi connectivity index (χ0n) is 14.2. The number of carbonyl (C=O) groups excluding carboxylic acids is 2. The van der Waals surface area contributed by atoms with Crippen molar-refractivity contribution in [2.75, 3.05) is 31.3 Å². The molecule has 2 amide bonds. The molecular weight excluding hydrogens is 360 g/mol. The molecular formula is C17H17ClN4O4. The monoisotopic (exact) mass is 376 g/mol. The first-order chi connectivity index (χ1) is 12.3. The molecule has 0 unspecified atom stereocenters. The number of anilines is 2. The van der Waals surface area contributed by atoms with Crippen LogP contribution in [0.2, 0.25) is 5.02 Å². The second-order valence-electron chi connectivity index (χ2n) is 5.43. The molecule has 2 N–H and O–H groups in total. The maximum Gasteiger partial charge on any atom is 0.293 e. The Morgan fingerprint density at radius 1 is 1.19 bits per heavy atom. The van der Waals surface area contributed by atoms with Gasteiger partial charge in [-0.15, -0.1) is 0 Å². The average molecular weight is 377 g/mol. The average Bonchev–Trinajstić information content (AvgIpc) is 2.62. The lowest BCUT2D eigenvalue weighted by Gasteiger charge is -2.17. The third kappa shape index (κ3) is 4.48. The molecule has 0 aliphatic carbocycles. The van der Waals surface area contributed by atoms with Crippen LogP contribution in [0.25, 0.3) is 0 Å². The van der Waals surface area contributed by atoms with Crippen LogP contribution in [0.1, 0.15) is 10.4 Å². The number of hydrogen-bond acceptors (Lipinski definition) is 5. The van der Waals surface area contributed by atoms with Gasteiger partial charge in [0.05, 0.1) is 22.2 Å². The second-order valence-corrected chi connectivity index (χ2v) is 5.84. The SMILES string of the molecule is CNc1ccc(C(=O)N(C)CC(=O)Nc2ccccc2Cl)cc1[N+](=O)[O-]. The van der Waals surface area contributed by atoms with E-state index in [1.807, 2.05) is 0 Å². The summed E-state index contributed by atoms with van der Waals surface area (Å²) in [6.45, 7) is -0.231. The summed E-state index contributed by atoms with van der Waals surface area (Å²) in [7, 11) is 2.99. The van der Waals surface area contributed by atoms with Crippen LogP contribution in [0.5, 0.6) is 0 Å². The summed E-state index contributed by atoms with van der Waals surface area (Å²) >= 11 is 5.97. The van der Waals surface area contributed by atoms with Gasteiger partial charge in [-0.2, -0.15) is 0 Å². The number of likely N-dealkylation sites (N-methyl/N-ethyl adjacent to an activating group) is 1. The summed E-state index contributed by atoms with van der Waals surface area (Å²) in [6, 6.07) is 10.8. The Hall–Kier alpha value is -3.13. The Balaban J connectivity index is 2.09. The van der Waals surface area contributed by atoms with Gasteiger partial charge in [0.15, 0.2) is 0 Å². The van der Waals surface area contributed by atoms with Crippen molar-refractivity contribution < 1.29 is 14.5 Å². The van der Waals surface area contributed by atoms with Crippen LogP contribution in [-0.2, 0) is 4.79 Å². The van der Waals surface area contributed by atoms with Crippen LogP contribution in [-0.4, -0.2) is 42.3 Å². The topological polar surface area (TPSA) is 105 Å². The molecule has 0 bridgehead atoms. The predicted octanol–water partition coefficient (Wildman–Crippen LogP) is 3.00. The molecule has 2 aromatic carbocycles. The molecule has 2 aromatic rings. The van der Waals surface area contributed by atoms with Crippen molar-refractivity contribution in [1.82, 2.24) is 4.90 Å². The van der Waals surface area contributed by atoms with E-state index in [4.69, 9.17) is 11.6 Å². The van der Waals surface area contributed by atoms with Gasteiger partial charge < -0.3 is 15.5 Å². The van der Waals surface area contributed by atoms with Crippen LogP contribution in [0.3, 0.4) is 0 Å². The molecule has 0 saturated heterocycles. The van der Waals surface area contributed by atoms with Crippen molar-refractivity contribution in [2.45, 2.75) is 0 Å². The zero-order valence-corrected chi connectivity index (χ0v) is 14.9. The van der Waals surface area contributed by atoms with Crippen molar-refractivity contribution in [1.29, 1.82) is 0 Å². The maximum atomic E-state index is 12.5. The van der Waals surface area contributed by atoms with E-state index in [9.17, 15) is 19.7 Å². The number of nitro groups is 1. The minimum Gasteiger partial charge on any atom is -0.383 e. The number of carbonyl (C=O) groups is 2. The molecule has 0 atom stereocenters. The number of halogens is 1. The first kappa shape index (κ1) is 19.2. The third-order valence-electron chi connectivity index (χ3n) is 3.59. The first-order valence-electron chi connectivity index (χ1n) is 7.59. The highest BCUT2D eigenvalue weighted by atomic mass is 35.5. The van der Waals surface area contributed by atoms with Crippen molar-refractivity contribution in [3.63, 3.8) is 0 Å². The van der Waals surface area contributed by atoms with E-state index in [1.54, 1.807) is 31.3 Å². The summed E-state index contributed by atoms with van der Waals surface area (Å²) in [6.07, 6.45) is 0. The van der Waals surface area contributed by atoms with Gasteiger partial charge in [0.2, 0.25) is 5.91 Å². The van der Waals surface area contributed by atoms with Crippen LogP contribution in [0, 0.1) is 10.1 Å². The van der Waals surface area contributed by atoms with Crippen LogP contribution < -0.4 is 10.6 Å². The predicted molar refractivity (Wildman–Crippen MR) is 99.7 cm³/mol. The number of nitro benzene ring substituents is 1. The van der Waals surface area contributed by atoms with E-state index in [0.717, 1.165) is 0 Å². The summed E-state index contributed by atoms with van der Waals surface area (Å²) in [4.78, 5) is 36.3. The van der Waals surface area contributed by atoms with E-state index >= 15 is 0 Å². The summed E-state index contributed by atoms with van der Waals surface area (Å²) in [5.41, 5.74) is 0.635. The lowest BCUT2D eigenvalue weighted by atomic mass is 10.1. The Morgan fingerprint density at radius 2 is 1.88 bits per heavy atom. The highest BCUT2D eigenvalue weighted by Gasteiger charge is 2.20. The number of benzene rings is 2. The molecule has 0 saturated carbocycles. The van der Waals surface area contributed by atoms with Crippen molar-refractivity contribution in [2.24, 2.45) is 0 Å². The lowest BCUT2D eigenvalue weighted by molar-refractivity contribution is -0.384. The van der Waals surface area contributed by atoms with Crippen LogP contribution in [0.15, 0.2) is 42.5 Å². The van der Waals surface area contributed by atoms with E-state index in [-0.39, 0.29) is 17.8 Å². The fourth-order valence-electron chi connectivity index (χ4n) is 2.29. The Labute approximate surface area is 154 Å². The van der Waals surface area contributed by atoms with Crippen molar-refractivity contribution in [3.05, 3.63) is 63.2 Å². The van der Waals surface area contributed by atoms with Crippen LogP contribution in [0.4, 0.5) is 17.1 Å². The number of nitrogens with zero attached hydrogens (tertiary/aromatic N) is 2. The molecule has 26 heavy (non-hydrogen) atoms. The molecule has 0 heterocycles. The third-order valence-corrected chi connectivity index (χ3v) is 3.92. The Kier molecular flexibility index (Phi) is 6.13. The molecule has 136 valence electrons. The van der Waals surface area contributed by atoms with E-state index in [1.165, 1.54) is 30.1 Å². The standard InChI is InChI=1S/C17H17ClN4O4/c1-19-14-8-7-11(9-15(14)22(25)26)17(24)21(2)10-16(23)20-13-6-4-3-5-12(13)18/h3-9,19H,10H2,1-2H3,(H,20,23). The van der Waals surface area contributed by atoms with Gasteiger partial charge in [0.1, 0.15) is 5.69 Å². The molecule has 8 nitrogen and oxygen atoms in total. The molecule has 0 spiro atoms. The molecule has 2 rings (SSSR count). The quantitative estimate of drug-likeness (QED) is 0.595. The summed E-state index contributed by atoms with van der Waals surface area (Å²) in [5.74, 6) is -0.944. The molecule has 0 aliphatic heterocycles. The number of rotatable bonds is 6. The number of amides is 2. The fourth-order valence-corrected chi connectivity index (χ4v) is 2.47. The normalized spacial score (nSPS) is 10.1. The second kappa shape index (κ2) is 8.30. The van der Waals surface area contributed by atoms with Gasteiger partial charge in [-0.05, 0) is 24.3 Å². The van der Waals surface area contributed by atoms with E-state index < -0.39 is 16.7 Å². The Morgan fingerprint density at radius 3 is 2.50 bits per heavy atom. The lowest BCUT2D eigenvalue weighted by Crippen LogP contribution is -2.35. The van der Waals surface area contributed by atoms with E-state index in [2.05, 4.69) is 10.6 Å². The summed E-state index contributed by atoms with van der Waals surface area (Å²) in [5, 5.41) is 16.8. The molecule has 0 fully saturated rings. The first-order valence-corrected chi connectivity index (χ1v) is 7.97. The number of nitrogens with one attached hydrogen (secondary N) is 2. The van der Waals surface area contributed by atoms with Crippen LogP contribution >= 0.6 is 11.6 Å². The van der Waals surface area contributed by atoms with Crippen molar-refractivity contribution >= 4 is 40.5 Å². The van der Waals surface area contributed by atoms with Gasteiger partial charge in [-0.25, -0.2) is 0 Å². The molecule has 0 aliphatic rings. The zero-order chi connectivity index (χ0) is 19.3. The van der Waals surface area contributed by atoms with Gasteiger partial charge in [0, 0.05) is 25.7 Å². The molecule has 0 aromatic heterocycles. The minimum atomic E-state index is -0.577. The van der Waals surface area contributed by atoms with Gasteiger partial charge in [-0.3, -0.25) is 19.7 Å². The maximum absolute atomic E-state index is 12.5. The largest absolute Gasteiger partial charge is 0.383 e. The highest BCUT2D eigenvalue weighted by molar-refractivity contribution is 6.33. The highest BCUT2D eigenvalue weighted by Crippen LogP contribution is 2.25. The van der Waals surface area contributed by atoms with Gasteiger partial charge >= 0.3 is 0 Å². The van der Waals surface area contributed by atoms with Gasteiger partial charge in [0.25, 0.3) is 11.6 Å². The molecule has 0 radical (unpaired) electrons. The Bertz CT molecular complexity index is 856. The van der Waals surface area contributed by atoms with E-state index in [0.29, 0.717) is 16.4 Å². The number of para-hydroxylation sites is 1. The van der Waals surface area contributed by atoms with Gasteiger partial charge in [-0.1, -0.05) is 23.7 Å².